The summed E-state index contributed by atoms with van der Waals surface area (Å²) in [7, 11) is 0. The van der Waals surface area contributed by atoms with Crippen molar-refractivity contribution in [1.82, 2.24) is 0 Å². The standard InChI is InChI=1S/C15H12BrCl2F/c1-9-10(4-2-5-13(9)17)12(16)8-11-14(18)6-3-7-15(11)19/h2-7,12H,8H2,1H3. The molecule has 0 aromatic heterocycles. The van der Waals surface area contributed by atoms with Gasteiger partial charge in [0.2, 0.25) is 0 Å². The molecule has 1 unspecified atom stereocenters. The first-order valence-corrected chi connectivity index (χ1v) is 7.50. The van der Waals surface area contributed by atoms with Crippen LogP contribution in [-0.4, -0.2) is 0 Å². The Hall–Kier alpha value is -0.570. The molecule has 0 nitrogen and oxygen atoms in total. The highest BCUT2D eigenvalue weighted by Crippen LogP contribution is 2.34. The van der Waals surface area contributed by atoms with Gasteiger partial charge in [-0.2, -0.15) is 0 Å². The first kappa shape index (κ1) is 14.8. The van der Waals surface area contributed by atoms with E-state index in [1.165, 1.54) is 6.07 Å². The van der Waals surface area contributed by atoms with Crippen LogP contribution < -0.4 is 0 Å². The minimum absolute atomic E-state index is 0.0272. The third-order valence-corrected chi connectivity index (χ3v) is 4.67. The Balaban J connectivity index is 2.31. The first-order valence-electron chi connectivity index (χ1n) is 5.82. The van der Waals surface area contributed by atoms with Crippen LogP contribution in [0.5, 0.6) is 0 Å². The molecule has 0 saturated carbocycles. The lowest BCUT2D eigenvalue weighted by Crippen LogP contribution is -2.01. The van der Waals surface area contributed by atoms with Gasteiger partial charge in [-0.05, 0) is 42.7 Å². The van der Waals surface area contributed by atoms with E-state index in [0.29, 0.717) is 22.0 Å². The third kappa shape index (κ3) is 3.31. The molecule has 19 heavy (non-hydrogen) atoms. The fraction of sp³-hybridized carbons (Fsp3) is 0.200. The van der Waals surface area contributed by atoms with Crippen molar-refractivity contribution in [2.75, 3.05) is 0 Å². The van der Waals surface area contributed by atoms with Crippen molar-refractivity contribution >= 4 is 39.1 Å². The van der Waals surface area contributed by atoms with Gasteiger partial charge in [0, 0.05) is 20.4 Å². The van der Waals surface area contributed by atoms with E-state index in [1.54, 1.807) is 12.1 Å². The van der Waals surface area contributed by atoms with E-state index in [9.17, 15) is 4.39 Å². The highest BCUT2D eigenvalue weighted by molar-refractivity contribution is 9.09. The maximum atomic E-state index is 13.8. The summed E-state index contributed by atoms with van der Waals surface area (Å²) >= 11 is 15.7. The topological polar surface area (TPSA) is 0 Å². The molecule has 0 bridgehead atoms. The SMILES string of the molecule is Cc1c(Cl)cccc1C(Br)Cc1c(F)cccc1Cl. The van der Waals surface area contributed by atoms with Crippen molar-refractivity contribution in [3.8, 4) is 0 Å². The van der Waals surface area contributed by atoms with Crippen molar-refractivity contribution < 1.29 is 4.39 Å². The van der Waals surface area contributed by atoms with Crippen LogP contribution in [0.15, 0.2) is 36.4 Å². The normalized spacial score (nSPS) is 12.5. The second kappa shape index (κ2) is 6.25. The van der Waals surface area contributed by atoms with Crippen LogP contribution in [0.3, 0.4) is 0 Å². The van der Waals surface area contributed by atoms with Crippen molar-refractivity contribution in [2.24, 2.45) is 0 Å². The van der Waals surface area contributed by atoms with E-state index in [1.807, 2.05) is 25.1 Å². The van der Waals surface area contributed by atoms with Crippen molar-refractivity contribution in [3.63, 3.8) is 0 Å². The van der Waals surface area contributed by atoms with Crippen LogP contribution in [0.25, 0.3) is 0 Å². The summed E-state index contributed by atoms with van der Waals surface area (Å²) in [4.78, 5) is -0.0272. The van der Waals surface area contributed by atoms with E-state index in [0.717, 1.165) is 11.1 Å². The molecule has 0 saturated heterocycles. The number of alkyl halides is 1. The van der Waals surface area contributed by atoms with E-state index in [4.69, 9.17) is 23.2 Å². The molecule has 100 valence electrons. The van der Waals surface area contributed by atoms with Gasteiger partial charge in [-0.25, -0.2) is 4.39 Å². The molecule has 0 radical (unpaired) electrons. The molecule has 2 aromatic rings. The lowest BCUT2D eigenvalue weighted by atomic mass is 10.00. The highest BCUT2D eigenvalue weighted by atomic mass is 79.9. The second-order valence-electron chi connectivity index (χ2n) is 4.33. The Kier molecular flexibility index (Phi) is 4.88. The molecule has 4 heteroatoms. The third-order valence-electron chi connectivity index (χ3n) is 3.09. The highest BCUT2D eigenvalue weighted by Gasteiger charge is 2.16. The molecule has 0 N–H and O–H groups in total. The van der Waals surface area contributed by atoms with Gasteiger partial charge in [-0.1, -0.05) is 57.3 Å². The molecule has 0 aliphatic carbocycles. The van der Waals surface area contributed by atoms with Crippen molar-refractivity contribution in [2.45, 2.75) is 18.2 Å². The molecule has 0 spiro atoms. The molecule has 0 heterocycles. The zero-order valence-corrected chi connectivity index (χ0v) is 13.4. The van der Waals surface area contributed by atoms with E-state index < -0.39 is 0 Å². The van der Waals surface area contributed by atoms with Gasteiger partial charge in [0.05, 0.1) is 0 Å². The van der Waals surface area contributed by atoms with E-state index >= 15 is 0 Å². The summed E-state index contributed by atoms with van der Waals surface area (Å²) in [5, 5.41) is 1.16. The van der Waals surface area contributed by atoms with Gasteiger partial charge in [0.15, 0.2) is 0 Å². The van der Waals surface area contributed by atoms with Crippen LogP contribution in [0.1, 0.15) is 21.5 Å². The predicted octanol–water partition coefficient (Wildman–Crippen LogP) is 6.12. The van der Waals surface area contributed by atoms with Gasteiger partial charge in [0.1, 0.15) is 5.82 Å². The molecule has 2 aromatic carbocycles. The Morgan fingerprint density at radius 1 is 1.11 bits per heavy atom. The van der Waals surface area contributed by atoms with Crippen LogP contribution in [0, 0.1) is 12.7 Å². The molecule has 0 amide bonds. The van der Waals surface area contributed by atoms with E-state index in [2.05, 4.69) is 15.9 Å². The minimum atomic E-state index is -0.281. The Bertz CT molecular complexity index is 578. The van der Waals surface area contributed by atoms with Gasteiger partial charge >= 0.3 is 0 Å². The summed E-state index contributed by atoms with van der Waals surface area (Å²) in [5.74, 6) is -0.281. The van der Waals surface area contributed by atoms with Crippen LogP contribution in [-0.2, 0) is 6.42 Å². The Morgan fingerprint density at radius 3 is 2.42 bits per heavy atom. The molecule has 0 aliphatic heterocycles. The minimum Gasteiger partial charge on any atom is -0.207 e. The largest absolute Gasteiger partial charge is 0.207 e. The maximum Gasteiger partial charge on any atom is 0.127 e. The second-order valence-corrected chi connectivity index (χ2v) is 6.25. The average Bonchev–Trinajstić information content (AvgIpc) is 2.37. The fourth-order valence-corrected chi connectivity index (χ4v) is 3.22. The quantitative estimate of drug-likeness (QED) is 0.577. The monoisotopic (exact) mass is 360 g/mol. The average molecular weight is 362 g/mol. The van der Waals surface area contributed by atoms with Crippen LogP contribution in [0.4, 0.5) is 4.39 Å². The number of rotatable bonds is 3. The molecule has 0 aliphatic rings. The number of hydrogen-bond acceptors (Lipinski definition) is 0. The van der Waals surface area contributed by atoms with Crippen LogP contribution >= 0.6 is 39.1 Å². The molecule has 0 fully saturated rings. The maximum absolute atomic E-state index is 13.8. The summed E-state index contributed by atoms with van der Waals surface area (Å²) < 4.78 is 13.8. The Morgan fingerprint density at radius 2 is 1.74 bits per heavy atom. The summed E-state index contributed by atoms with van der Waals surface area (Å²) in [5.41, 5.74) is 2.57. The van der Waals surface area contributed by atoms with Gasteiger partial charge < -0.3 is 0 Å². The van der Waals surface area contributed by atoms with Crippen LogP contribution in [0.2, 0.25) is 10.0 Å². The van der Waals surface area contributed by atoms with E-state index in [-0.39, 0.29) is 10.6 Å². The zero-order valence-electron chi connectivity index (χ0n) is 10.3. The number of hydrogen-bond donors (Lipinski definition) is 0. The van der Waals surface area contributed by atoms with Gasteiger partial charge in [-0.3, -0.25) is 0 Å². The summed E-state index contributed by atoms with van der Waals surface area (Å²) in [6, 6.07) is 10.4. The lowest BCUT2D eigenvalue weighted by Gasteiger charge is -2.15. The van der Waals surface area contributed by atoms with Crippen molar-refractivity contribution in [1.29, 1.82) is 0 Å². The Labute approximate surface area is 130 Å². The smallest absolute Gasteiger partial charge is 0.127 e. The van der Waals surface area contributed by atoms with Gasteiger partial charge in [0.25, 0.3) is 0 Å². The van der Waals surface area contributed by atoms with Gasteiger partial charge in [-0.15, -0.1) is 0 Å². The lowest BCUT2D eigenvalue weighted by molar-refractivity contribution is 0.608. The summed E-state index contributed by atoms with van der Waals surface area (Å²) in [6.07, 6.45) is 0.479. The molecule has 2 rings (SSSR count). The van der Waals surface area contributed by atoms with Crippen molar-refractivity contribution in [3.05, 3.63) is 69.0 Å². The predicted molar refractivity (Wildman–Crippen MR) is 83.0 cm³/mol. The number of benzene rings is 2. The molecule has 1 atom stereocenters. The first-order chi connectivity index (χ1) is 9.00. The molecular weight excluding hydrogens is 350 g/mol. The summed E-state index contributed by atoms with van der Waals surface area (Å²) in [6.45, 7) is 1.95. The zero-order chi connectivity index (χ0) is 14.0. The molecular formula is C15H12BrCl2F. The fourth-order valence-electron chi connectivity index (χ4n) is 1.98. The number of halogens is 4.